The van der Waals surface area contributed by atoms with Gasteiger partial charge in [0.25, 0.3) is 0 Å². The van der Waals surface area contributed by atoms with Crippen LogP contribution in [0, 0.1) is 12.8 Å². The standard InChI is InChI=1S/C15H22N4S/c1-11-14-7-13(10-17-15(14)19(2)18-11)9-16-8-12-3-5-20-6-4-12/h7,10,12,16H,3-6,8-9H2,1-2H3. The van der Waals surface area contributed by atoms with Crippen LogP contribution in [0.25, 0.3) is 11.0 Å². The van der Waals surface area contributed by atoms with Crippen molar-refractivity contribution in [1.29, 1.82) is 0 Å². The Hall–Kier alpha value is -1.07. The lowest BCUT2D eigenvalue weighted by atomic mass is 10.0. The van der Waals surface area contributed by atoms with Crippen LogP contribution in [0.5, 0.6) is 0 Å². The molecule has 0 aromatic carbocycles. The molecule has 0 atom stereocenters. The molecular weight excluding hydrogens is 268 g/mol. The van der Waals surface area contributed by atoms with E-state index in [0.29, 0.717) is 0 Å². The number of rotatable bonds is 4. The third-order valence-corrected chi connectivity index (χ3v) is 5.07. The van der Waals surface area contributed by atoms with Gasteiger partial charge in [0.1, 0.15) is 0 Å². The largest absolute Gasteiger partial charge is 0.312 e. The minimum Gasteiger partial charge on any atom is -0.312 e. The highest BCUT2D eigenvalue weighted by atomic mass is 32.2. The lowest BCUT2D eigenvalue weighted by Gasteiger charge is -2.21. The molecule has 1 N–H and O–H groups in total. The molecule has 108 valence electrons. The molecule has 0 unspecified atom stereocenters. The average molecular weight is 290 g/mol. The highest BCUT2D eigenvalue weighted by molar-refractivity contribution is 7.99. The SMILES string of the molecule is Cc1nn(C)c2ncc(CNCC3CCSCC3)cc12. The van der Waals surface area contributed by atoms with Gasteiger partial charge in [-0.1, -0.05) is 0 Å². The number of fused-ring (bicyclic) bond motifs is 1. The normalized spacial score (nSPS) is 16.9. The summed E-state index contributed by atoms with van der Waals surface area (Å²) >= 11 is 2.09. The second-order valence-corrected chi connectivity index (χ2v) is 6.84. The molecular formula is C15H22N4S. The van der Waals surface area contributed by atoms with Crippen LogP contribution < -0.4 is 5.32 Å². The molecule has 3 rings (SSSR count). The van der Waals surface area contributed by atoms with Crippen molar-refractivity contribution >= 4 is 22.8 Å². The zero-order valence-corrected chi connectivity index (χ0v) is 13.0. The van der Waals surface area contributed by atoms with E-state index in [0.717, 1.165) is 30.3 Å². The summed E-state index contributed by atoms with van der Waals surface area (Å²) < 4.78 is 1.85. The van der Waals surface area contributed by atoms with Gasteiger partial charge in [0.2, 0.25) is 0 Å². The van der Waals surface area contributed by atoms with Crippen molar-refractivity contribution < 1.29 is 0 Å². The van der Waals surface area contributed by atoms with Crippen molar-refractivity contribution in [1.82, 2.24) is 20.1 Å². The van der Waals surface area contributed by atoms with Crippen molar-refractivity contribution in [3.63, 3.8) is 0 Å². The fraction of sp³-hybridized carbons (Fsp3) is 0.600. The van der Waals surface area contributed by atoms with Crippen molar-refractivity contribution in [2.24, 2.45) is 13.0 Å². The van der Waals surface area contributed by atoms with Gasteiger partial charge in [-0.05, 0) is 55.4 Å². The first-order valence-electron chi connectivity index (χ1n) is 7.31. The van der Waals surface area contributed by atoms with Crippen LogP contribution in [-0.2, 0) is 13.6 Å². The van der Waals surface area contributed by atoms with Crippen molar-refractivity contribution in [3.05, 3.63) is 23.5 Å². The maximum Gasteiger partial charge on any atom is 0.157 e. The predicted molar refractivity (Wildman–Crippen MR) is 85.0 cm³/mol. The molecule has 0 radical (unpaired) electrons. The molecule has 0 amide bonds. The number of pyridine rings is 1. The van der Waals surface area contributed by atoms with Crippen LogP contribution in [0.1, 0.15) is 24.1 Å². The molecule has 1 aliphatic heterocycles. The predicted octanol–water partition coefficient (Wildman–Crippen LogP) is 2.51. The molecule has 0 spiro atoms. The Morgan fingerprint density at radius 1 is 1.40 bits per heavy atom. The van der Waals surface area contributed by atoms with E-state index >= 15 is 0 Å². The number of thioether (sulfide) groups is 1. The second kappa shape index (κ2) is 6.14. The van der Waals surface area contributed by atoms with Gasteiger partial charge in [-0.2, -0.15) is 16.9 Å². The molecule has 3 heterocycles. The highest BCUT2D eigenvalue weighted by Crippen LogP contribution is 2.22. The second-order valence-electron chi connectivity index (χ2n) is 5.61. The summed E-state index contributed by atoms with van der Waals surface area (Å²) in [6.07, 6.45) is 4.68. The van der Waals surface area contributed by atoms with Gasteiger partial charge >= 0.3 is 0 Å². The summed E-state index contributed by atoms with van der Waals surface area (Å²) in [5, 5.41) is 9.17. The van der Waals surface area contributed by atoms with E-state index < -0.39 is 0 Å². The number of aromatic nitrogens is 3. The monoisotopic (exact) mass is 290 g/mol. The fourth-order valence-corrected chi connectivity index (χ4v) is 4.02. The maximum absolute atomic E-state index is 4.52. The fourth-order valence-electron chi connectivity index (χ4n) is 2.82. The van der Waals surface area contributed by atoms with Crippen LogP contribution in [0.15, 0.2) is 12.3 Å². The van der Waals surface area contributed by atoms with Crippen LogP contribution >= 0.6 is 11.8 Å². The van der Waals surface area contributed by atoms with Crippen molar-refractivity contribution in [2.45, 2.75) is 26.3 Å². The van der Waals surface area contributed by atoms with Gasteiger partial charge in [0.15, 0.2) is 5.65 Å². The first-order chi connectivity index (χ1) is 9.74. The van der Waals surface area contributed by atoms with E-state index in [1.807, 2.05) is 24.9 Å². The van der Waals surface area contributed by atoms with E-state index in [4.69, 9.17) is 0 Å². The number of aryl methyl sites for hydroxylation is 2. The summed E-state index contributed by atoms with van der Waals surface area (Å²) in [6, 6.07) is 2.22. The van der Waals surface area contributed by atoms with E-state index in [9.17, 15) is 0 Å². The Morgan fingerprint density at radius 3 is 3.00 bits per heavy atom. The summed E-state index contributed by atoms with van der Waals surface area (Å²) in [5.41, 5.74) is 3.27. The number of nitrogens with zero attached hydrogens (tertiary/aromatic N) is 3. The third kappa shape index (κ3) is 2.99. The van der Waals surface area contributed by atoms with E-state index in [1.165, 1.54) is 35.3 Å². The molecule has 1 fully saturated rings. The Bertz CT molecular complexity index is 587. The van der Waals surface area contributed by atoms with Gasteiger partial charge in [-0.3, -0.25) is 4.68 Å². The molecule has 0 saturated carbocycles. The molecule has 4 nitrogen and oxygen atoms in total. The molecule has 2 aromatic heterocycles. The first kappa shape index (κ1) is 13.9. The zero-order valence-electron chi connectivity index (χ0n) is 12.2. The molecule has 0 aliphatic carbocycles. The number of hydrogen-bond acceptors (Lipinski definition) is 4. The van der Waals surface area contributed by atoms with Crippen molar-refractivity contribution in [2.75, 3.05) is 18.1 Å². The maximum atomic E-state index is 4.52. The van der Waals surface area contributed by atoms with E-state index in [1.54, 1.807) is 0 Å². The molecule has 2 aromatic rings. The number of nitrogens with one attached hydrogen (secondary N) is 1. The summed E-state index contributed by atoms with van der Waals surface area (Å²) in [6.45, 7) is 4.08. The van der Waals surface area contributed by atoms with E-state index in [-0.39, 0.29) is 0 Å². The minimum atomic E-state index is 0.855. The Kier molecular flexibility index (Phi) is 4.27. The van der Waals surface area contributed by atoms with Gasteiger partial charge in [0, 0.05) is 25.2 Å². The molecule has 1 saturated heterocycles. The Labute approximate surface area is 124 Å². The van der Waals surface area contributed by atoms with Crippen LogP contribution in [0.3, 0.4) is 0 Å². The third-order valence-electron chi connectivity index (χ3n) is 4.02. The van der Waals surface area contributed by atoms with Gasteiger partial charge in [0.05, 0.1) is 5.69 Å². The lowest BCUT2D eigenvalue weighted by Crippen LogP contribution is -2.25. The summed E-state index contributed by atoms with van der Waals surface area (Å²) in [5.74, 6) is 3.51. The molecule has 5 heteroatoms. The van der Waals surface area contributed by atoms with Crippen LogP contribution in [-0.4, -0.2) is 32.8 Å². The van der Waals surface area contributed by atoms with Crippen LogP contribution in [0.2, 0.25) is 0 Å². The summed E-state index contributed by atoms with van der Waals surface area (Å²) in [4.78, 5) is 4.52. The smallest absolute Gasteiger partial charge is 0.157 e. The van der Waals surface area contributed by atoms with E-state index in [2.05, 4.69) is 33.2 Å². The molecule has 20 heavy (non-hydrogen) atoms. The highest BCUT2D eigenvalue weighted by Gasteiger charge is 2.13. The molecule has 0 bridgehead atoms. The molecule has 1 aliphatic rings. The zero-order chi connectivity index (χ0) is 13.9. The van der Waals surface area contributed by atoms with Crippen LogP contribution in [0.4, 0.5) is 0 Å². The Morgan fingerprint density at radius 2 is 2.20 bits per heavy atom. The quantitative estimate of drug-likeness (QED) is 0.939. The average Bonchev–Trinajstić information content (AvgIpc) is 2.75. The first-order valence-corrected chi connectivity index (χ1v) is 8.46. The van der Waals surface area contributed by atoms with Gasteiger partial charge < -0.3 is 5.32 Å². The van der Waals surface area contributed by atoms with Gasteiger partial charge in [-0.25, -0.2) is 4.98 Å². The summed E-state index contributed by atoms with van der Waals surface area (Å²) in [7, 11) is 1.95. The lowest BCUT2D eigenvalue weighted by molar-refractivity contribution is 0.447. The topological polar surface area (TPSA) is 42.7 Å². The number of hydrogen-bond donors (Lipinski definition) is 1. The Balaban J connectivity index is 1.61. The van der Waals surface area contributed by atoms with Gasteiger partial charge in [-0.15, -0.1) is 0 Å². The van der Waals surface area contributed by atoms with Crippen molar-refractivity contribution in [3.8, 4) is 0 Å². The minimum absolute atomic E-state index is 0.855.